The number of likely N-dealkylation sites (tertiary alicyclic amines) is 1. The average molecular weight is 176 g/mol. The standard InChI is InChI=1S/C8H14ClNO/c1-7-3-2-5-10(6-4-9)8(7)11/h7H,2-6H2,1H3. The maximum Gasteiger partial charge on any atom is 0.225 e. The van der Waals surface area contributed by atoms with Gasteiger partial charge in [-0.15, -0.1) is 11.6 Å². The van der Waals surface area contributed by atoms with Gasteiger partial charge >= 0.3 is 0 Å². The van der Waals surface area contributed by atoms with Crippen LogP contribution in [0.15, 0.2) is 0 Å². The van der Waals surface area contributed by atoms with E-state index in [-0.39, 0.29) is 11.8 Å². The van der Waals surface area contributed by atoms with Gasteiger partial charge < -0.3 is 4.90 Å². The van der Waals surface area contributed by atoms with Crippen molar-refractivity contribution in [1.29, 1.82) is 0 Å². The highest BCUT2D eigenvalue weighted by Crippen LogP contribution is 2.16. The van der Waals surface area contributed by atoms with Crippen LogP contribution in [0.5, 0.6) is 0 Å². The van der Waals surface area contributed by atoms with Crippen LogP contribution in [-0.2, 0) is 4.79 Å². The van der Waals surface area contributed by atoms with Crippen molar-refractivity contribution >= 4 is 17.5 Å². The summed E-state index contributed by atoms with van der Waals surface area (Å²) in [6, 6.07) is 0. The lowest BCUT2D eigenvalue weighted by Crippen LogP contribution is -2.41. The summed E-state index contributed by atoms with van der Waals surface area (Å²) < 4.78 is 0. The molecule has 0 spiro atoms. The summed E-state index contributed by atoms with van der Waals surface area (Å²) in [5.74, 6) is 1.04. The molecule has 3 heteroatoms. The minimum Gasteiger partial charge on any atom is -0.341 e. The van der Waals surface area contributed by atoms with E-state index in [4.69, 9.17) is 11.6 Å². The fraction of sp³-hybridized carbons (Fsp3) is 0.875. The molecule has 0 aliphatic carbocycles. The molecular weight excluding hydrogens is 162 g/mol. The van der Waals surface area contributed by atoms with E-state index < -0.39 is 0 Å². The number of hydrogen-bond donors (Lipinski definition) is 0. The average Bonchev–Trinajstić information content (AvgIpc) is 1.99. The molecule has 0 aromatic rings. The number of amides is 1. The molecule has 1 saturated heterocycles. The number of hydrogen-bond acceptors (Lipinski definition) is 1. The molecule has 1 unspecified atom stereocenters. The second-order valence-corrected chi connectivity index (χ2v) is 3.44. The molecule has 64 valence electrons. The maximum absolute atomic E-state index is 11.4. The van der Waals surface area contributed by atoms with E-state index in [0.717, 1.165) is 19.4 Å². The molecular formula is C8H14ClNO. The summed E-state index contributed by atoms with van der Waals surface area (Å²) in [5.41, 5.74) is 0. The second-order valence-electron chi connectivity index (χ2n) is 3.06. The Hall–Kier alpha value is -0.240. The number of carbonyl (C=O) groups excluding carboxylic acids is 1. The lowest BCUT2D eigenvalue weighted by molar-refractivity contribution is -0.137. The Morgan fingerprint density at radius 1 is 1.73 bits per heavy atom. The molecule has 1 aliphatic heterocycles. The maximum atomic E-state index is 11.4. The molecule has 0 aromatic heterocycles. The molecule has 0 bridgehead atoms. The van der Waals surface area contributed by atoms with Gasteiger partial charge in [-0.25, -0.2) is 0 Å². The van der Waals surface area contributed by atoms with Gasteiger partial charge in [-0.05, 0) is 12.8 Å². The molecule has 11 heavy (non-hydrogen) atoms. The van der Waals surface area contributed by atoms with Crippen LogP contribution in [0.4, 0.5) is 0 Å². The van der Waals surface area contributed by atoms with Crippen LogP contribution in [0, 0.1) is 5.92 Å². The summed E-state index contributed by atoms with van der Waals surface area (Å²) >= 11 is 5.55. The van der Waals surface area contributed by atoms with Crippen molar-refractivity contribution in [3.05, 3.63) is 0 Å². The summed E-state index contributed by atoms with van der Waals surface area (Å²) in [6.07, 6.45) is 2.17. The SMILES string of the molecule is CC1CCCN(CCCl)C1=O. The highest BCUT2D eigenvalue weighted by Gasteiger charge is 2.23. The Morgan fingerprint density at radius 2 is 2.45 bits per heavy atom. The second kappa shape index (κ2) is 3.96. The van der Waals surface area contributed by atoms with E-state index in [0.29, 0.717) is 12.4 Å². The van der Waals surface area contributed by atoms with Crippen molar-refractivity contribution in [2.75, 3.05) is 19.0 Å². The Morgan fingerprint density at radius 3 is 3.09 bits per heavy atom. The predicted octanol–water partition coefficient (Wildman–Crippen LogP) is 1.48. The van der Waals surface area contributed by atoms with Crippen LogP contribution in [0.3, 0.4) is 0 Å². The lowest BCUT2D eigenvalue weighted by Gasteiger charge is -2.29. The van der Waals surface area contributed by atoms with Gasteiger partial charge in [-0.1, -0.05) is 6.92 Å². The first-order valence-electron chi connectivity index (χ1n) is 4.10. The van der Waals surface area contributed by atoms with Gasteiger partial charge in [0.05, 0.1) is 0 Å². The molecule has 1 heterocycles. The molecule has 1 atom stereocenters. The minimum absolute atomic E-state index is 0.215. The first kappa shape index (κ1) is 8.85. The van der Waals surface area contributed by atoms with Gasteiger partial charge in [-0.2, -0.15) is 0 Å². The normalized spacial score (nSPS) is 25.8. The molecule has 2 nitrogen and oxygen atoms in total. The van der Waals surface area contributed by atoms with Gasteiger partial charge in [-0.3, -0.25) is 4.79 Å². The van der Waals surface area contributed by atoms with Gasteiger partial charge in [0.25, 0.3) is 0 Å². The molecule has 1 aliphatic rings. The largest absolute Gasteiger partial charge is 0.341 e. The van der Waals surface area contributed by atoms with Crippen LogP contribution < -0.4 is 0 Å². The van der Waals surface area contributed by atoms with Crippen LogP contribution in [-0.4, -0.2) is 29.8 Å². The van der Waals surface area contributed by atoms with Crippen molar-refractivity contribution in [2.45, 2.75) is 19.8 Å². The fourth-order valence-corrected chi connectivity index (χ4v) is 1.66. The third kappa shape index (κ3) is 2.09. The van der Waals surface area contributed by atoms with Gasteiger partial charge in [0, 0.05) is 24.9 Å². The number of nitrogens with zero attached hydrogens (tertiary/aromatic N) is 1. The van der Waals surface area contributed by atoms with Crippen molar-refractivity contribution in [1.82, 2.24) is 4.90 Å². The molecule has 1 amide bonds. The monoisotopic (exact) mass is 175 g/mol. The number of carbonyl (C=O) groups is 1. The van der Waals surface area contributed by atoms with Crippen LogP contribution in [0.25, 0.3) is 0 Å². The molecule has 0 saturated carbocycles. The molecule has 1 fully saturated rings. The third-order valence-electron chi connectivity index (χ3n) is 2.15. The molecule has 0 aromatic carbocycles. The van der Waals surface area contributed by atoms with Gasteiger partial charge in [0.15, 0.2) is 0 Å². The van der Waals surface area contributed by atoms with E-state index in [1.807, 2.05) is 11.8 Å². The summed E-state index contributed by atoms with van der Waals surface area (Å²) in [4.78, 5) is 13.2. The first-order valence-corrected chi connectivity index (χ1v) is 4.64. The smallest absolute Gasteiger partial charge is 0.225 e. The molecule has 0 radical (unpaired) electrons. The zero-order valence-electron chi connectivity index (χ0n) is 6.85. The Labute approximate surface area is 72.5 Å². The van der Waals surface area contributed by atoms with Crippen molar-refractivity contribution < 1.29 is 4.79 Å². The van der Waals surface area contributed by atoms with Gasteiger partial charge in [0.1, 0.15) is 0 Å². The van der Waals surface area contributed by atoms with Crippen LogP contribution in [0.2, 0.25) is 0 Å². The number of alkyl halides is 1. The quantitative estimate of drug-likeness (QED) is 0.583. The summed E-state index contributed by atoms with van der Waals surface area (Å²) in [7, 11) is 0. The highest BCUT2D eigenvalue weighted by atomic mass is 35.5. The zero-order valence-corrected chi connectivity index (χ0v) is 7.60. The van der Waals surface area contributed by atoms with E-state index in [9.17, 15) is 4.79 Å². The van der Waals surface area contributed by atoms with Crippen molar-refractivity contribution in [3.63, 3.8) is 0 Å². The van der Waals surface area contributed by atoms with Crippen molar-refractivity contribution in [2.24, 2.45) is 5.92 Å². The van der Waals surface area contributed by atoms with Crippen LogP contribution >= 0.6 is 11.6 Å². The number of rotatable bonds is 2. The zero-order chi connectivity index (χ0) is 8.27. The van der Waals surface area contributed by atoms with E-state index in [2.05, 4.69) is 0 Å². The Bertz CT molecular complexity index is 147. The van der Waals surface area contributed by atoms with E-state index >= 15 is 0 Å². The van der Waals surface area contributed by atoms with E-state index in [1.54, 1.807) is 0 Å². The van der Waals surface area contributed by atoms with E-state index in [1.165, 1.54) is 0 Å². The van der Waals surface area contributed by atoms with Crippen LogP contribution in [0.1, 0.15) is 19.8 Å². The summed E-state index contributed by atoms with van der Waals surface area (Å²) in [6.45, 7) is 3.60. The first-order chi connectivity index (χ1) is 5.25. The lowest BCUT2D eigenvalue weighted by atomic mass is 9.99. The summed E-state index contributed by atoms with van der Waals surface area (Å²) in [5, 5.41) is 0. The number of halogens is 1. The predicted molar refractivity (Wildman–Crippen MR) is 45.7 cm³/mol. The topological polar surface area (TPSA) is 20.3 Å². The third-order valence-corrected chi connectivity index (χ3v) is 2.32. The number of piperidine rings is 1. The molecule has 0 N–H and O–H groups in total. The van der Waals surface area contributed by atoms with Crippen molar-refractivity contribution in [3.8, 4) is 0 Å². The Kier molecular flexibility index (Phi) is 3.18. The minimum atomic E-state index is 0.215. The molecule has 1 rings (SSSR count). The fourth-order valence-electron chi connectivity index (χ4n) is 1.46. The Balaban J connectivity index is 2.44. The van der Waals surface area contributed by atoms with Gasteiger partial charge in [0.2, 0.25) is 5.91 Å². The highest BCUT2D eigenvalue weighted by molar-refractivity contribution is 6.18.